The van der Waals surface area contributed by atoms with E-state index in [0.717, 1.165) is 16.9 Å². The van der Waals surface area contributed by atoms with Crippen molar-refractivity contribution in [1.82, 2.24) is 15.2 Å². The minimum Gasteiger partial charge on any atom is -0.290 e. The number of carbonyl (C=O) groups excluding carboxylic acids is 1. The van der Waals surface area contributed by atoms with Crippen molar-refractivity contribution in [2.24, 2.45) is 5.84 Å². The summed E-state index contributed by atoms with van der Waals surface area (Å²) in [6, 6.07) is 3.45. The van der Waals surface area contributed by atoms with E-state index in [1.54, 1.807) is 0 Å². The largest absolute Gasteiger partial charge is 0.419 e. The van der Waals surface area contributed by atoms with Gasteiger partial charge in [0.1, 0.15) is 5.82 Å². The number of nitrogens with one attached hydrogen (secondary N) is 1. The minimum atomic E-state index is -4.52. The summed E-state index contributed by atoms with van der Waals surface area (Å²) in [5.74, 6) is 3.67. The van der Waals surface area contributed by atoms with Crippen LogP contribution in [-0.4, -0.2) is 15.7 Å². The first-order valence-corrected chi connectivity index (χ1v) is 5.70. The molecule has 0 saturated heterocycles. The highest BCUT2D eigenvalue weighted by atomic mass is 19.4. The maximum absolute atomic E-state index is 13.6. The van der Waals surface area contributed by atoms with Crippen LogP contribution in [0.4, 0.5) is 17.6 Å². The van der Waals surface area contributed by atoms with Crippen molar-refractivity contribution in [1.29, 1.82) is 0 Å². The van der Waals surface area contributed by atoms with Gasteiger partial charge in [-0.2, -0.15) is 18.3 Å². The molecule has 2 aromatic rings. The summed E-state index contributed by atoms with van der Waals surface area (Å²) in [5, 5.41) is 3.52. The van der Waals surface area contributed by atoms with Crippen LogP contribution >= 0.6 is 0 Å². The number of carbonyl (C=O) groups is 1. The Labute approximate surface area is 116 Å². The second-order valence-corrected chi connectivity index (χ2v) is 4.20. The van der Waals surface area contributed by atoms with Crippen molar-refractivity contribution in [2.45, 2.75) is 12.7 Å². The van der Waals surface area contributed by atoms with Crippen LogP contribution < -0.4 is 11.3 Å². The Kier molecular flexibility index (Phi) is 3.94. The number of aromatic nitrogens is 2. The molecule has 112 valence electrons. The van der Waals surface area contributed by atoms with Crippen molar-refractivity contribution in [3.8, 4) is 0 Å². The van der Waals surface area contributed by atoms with Gasteiger partial charge >= 0.3 is 6.18 Å². The van der Waals surface area contributed by atoms with Crippen molar-refractivity contribution in [3.05, 3.63) is 53.1 Å². The number of benzene rings is 1. The minimum absolute atomic E-state index is 0.0212. The zero-order valence-corrected chi connectivity index (χ0v) is 10.5. The van der Waals surface area contributed by atoms with E-state index in [4.69, 9.17) is 5.84 Å². The molecule has 5 nitrogen and oxygen atoms in total. The molecular weight excluding hydrogens is 292 g/mol. The molecule has 1 amide bonds. The number of hydrazine groups is 1. The molecular formula is C12H10F4N4O. The van der Waals surface area contributed by atoms with Crippen LogP contribution in [0.1, 0.15) is 21.5 Å². The second kappa shape index (κ2) is 5.52. The summed E-state index contributed by atoms with van der Waals surface area (Å²) in [5.41, 5.74) is 1.07. The van der Waals surface area contributed by atoms with Gasteiger partial charge < -0.3 is 0 Å². The average Bonchev–Trinajstić information content (AvgIpc) is 2.89. The summed E-state index contributed by atoms with van der Waals surface area (Å²) in [7, 11) is 0. The first-order valence-electron chi connectivity index (χ1n) is 5.70. The Bertz CT molecular complexity index is 666. The van der Waals surface area contributed by atoms with Gasteiger partial charge in [-0.3, -0.25) is 14.9 Å². The molecule has 0 unspecified atom stereocenters. The molecule has 0 saturated carbocycles. The zero-order valence-electron chi connectivity index (χ0n) is 10.5. The predicted octanol–water partition coefficient (Wildman–Crippen LogP) is 1.69. The zero-order chi connectivity index (χ0) is 15.6. The predicted molar refractivity (Wildman–Crippen MR) is 64.4 cm³/mol. The molecule has 0 fully saturated rings. The van der Waals surface area contributed by atoms with Crippen LogP contribution in [0.5, 0.6) is 0 Å². The third-order valence-corrected chi connectivity index (χ3v) is 2.73. The highest BCUT2D eigenvalue weighted by molar-refractivity contribution is 5.93. The van der Waals surface area contributed by atoms with Gasteiger partial charge in [-0.25, -0.2) is 10.2 Å². The Morgan fingerprint density at radius 3 is 2.67 bits per heavy atom. The third-order valence-electron chi connectivity index (χ3n) is 2.73. The van der Waals surface area contributed by atoms with E-state index < -0.39 is 23.5 Å². The number of alkyl halides is 3. The molecule has 0 radical (unpaired) electrons. The Hall–Kier alpha value is -2.42. The van der Waals surface area contributed by atoms with Gasteiger partial charge in [0, 0.05) is 17.3 Å². The van der Waals surface area contributed by atoms with Crippen LogP contribution in [0.25, 0.3) is 0 Å². The molecule has 0 aliphatic heterocycles. The molecule has 3 N–H and O–H groups in total. The summed E-state index contributed by atoms with van der Waals surface area (Å²) in [6.07, 6.45) is -3.11. The molecule has 1 aromatic heterocycles. The lowest BCUT2D eigenvalue weighted by atomic mass is 10.1. The number of hydrogen-bond acceptors (Lipinski definition) is 3. The van der Waals surface area contributed by atoms with Crippen molar-refractivity contribution in [3.63, 3.8) is 0 Å². The Balaban J connectivity index is 2.27. The van der Waals surface area contributed by atoms with E-state index in [2.05, 4.69) is 5.10 Å². The van der Waals surface area contributed by atoms with E-state index in [1.807, 2.05) is 5.43 Å². The van der Waals surface area contributed by atoms with E-state index in [1.165, 1.54) is 12.1 Å². The van der Waals surface area contributed by atoms with Gasteiger partial charge in [-0.05, 0) is 18.2 Å². The summed E-state index contributed by atoms with van der Waals surface area (Å²) < 4.78 is 51.9. The van der Waals surface area contributed by atoms with Crippen LogP contribution in [0.2, 0.25) is 0 Å². The van der Waals surface area contributed by atoms with Crippen LogP contribution in [0, 0.1) is 5.82 Å². The van der Waals surface area contributed by atoms with Crippen LogP contribution in [0.3, 0.4) is 0 Å². The van der Waals surface area contributed by atoms with Gasteiger partial charge in [0.15, 0.2) is 0 Å². The van der Waals surface area contributed by atoms with Crippen LogP contribution in [0.15, 0.2) is 30.6 Å². The number of hydrogen-bond donors (Lipinski definition) is 2. The number of nitrogen functional groups attached to an aromatic ring is 1. The monoisotopic (exact) mass is 302 g/mol. The topological polar surface area (TPSA) is 72.9 Å². The van der Waals surface area contributed by atoms with Crippen molar-refractivity contribution in [2.75, 3.05) is 0 Å². The fourth-order valence-corrected chi connectivity index (χ4v) is 1.69. The molecule has 21 heavy (non-hydrogen) atoms. The molecule has 0 bridgehead atoms. The van der Waals surface area contributed by atoms with Gasteiger partial charge in [-0.1, -0.05) is 0 Å². The molecule has 0 aliphatic rings. The maximum Gasteiger partial charge on any atom is 0.419 e. The van der Waals surface area contributed by atoms with E-state index in [0.29, 0.717) is 6.20 Å². The number of amides is 1. The van der Waals surface area contributed by atoms with E-state index in [9.17, 15) is 22.4 Å². The number of rotatable bonds is 3. The number of nitrogens with zero attached hydrogens (tertiary/aromatic N) is 2. The quantitative estimate of drug-likeness (QED) is 0.392. The van der Waals surface area contributed by atoms with Crippen LogP contribution in [-0.2, 0) is 12.7 Å². The number of halogens is 4. The standard InChI is InChI=1S/C12H10F4N4O/c13-10-2-1-7(11(21)19-17)3-8(10)5-20-6-9(4-18-20)12(14,15)16/h1-4,6H,5,17H2,(H,19,21). The maximum atomic E-state index is 13.6. The summed E-state index contributed by atoms with van der Waals surface area (Å²) in [4.78, 5) is 11.3. The lowest BCUT2D eigenvalue weighted by Gasteiger charge is -2.06. The lowest BCUT2D eigenvalue weighted by molar-refractivity contribution is -0.137. The summed E-state index contributed by atoms with van der Waals surface area (Å²) >= 11 is 0. The first-order chi connectivity index (χ1) is 9.81. The lowest BCUT2D eigenvalue weighted by Crippen LogP contribution is -2.30. The number of nitrogens with two attached hydrogens (primary N) is 1. The van der Waals surface area contributed by atoms with E-state index in [-0.39, 0.29) is 17.7 Å². The van der Waals surface area contributed by atoms with Gasteiger partial charge in [0.05, 0.1) is 18.3 Å². The molecule has 9 heteroatoms. The second-order valence-electron chi connectivity index (χ2n) is 4.20. The molecule has 0 atom stereocenters. The van der Waals surface area contributed by atoms with Gasteiger partial charge in [-0.15, -0.1) is 0 Å². The molecule has 1 aromatic carbocycles. The Morgan fingerprint density at radius 1 is 1.38 bits per heavy atom. The molecule has 0 spiro atoms. The first kappa shape index (κ1) is 15.0. The van der Waals surface area contributed by atoms with Crippen molar-refractivity contribution < 1.29 is 22.4 Å². The molecule has 2 rings (SSSR count). The third kappa shape index (κ3) is 3.37. The fourth-order valence-electron chi connectivity index (χ4n) is 1.69. The highest BCUT2D eigenvalue weighted by Crippen LogP contribution is 2.28. The molecule has 0 aliphatic carbocycles. The van der Waals surface area contributed by atoms with Gasteiger partial charge in [0.25, 0.3) is 5.91 Å². The SMILES string of the molecule is NNC(=O)c1ccc(F)c(Cn2cc(C(F)(F)F)cn2)c1. The normalized spacial score (nSPS) is 11.5. The highest BCUT2D eigenvalue weighted by Gasteiger charge is 2.32. The average molecular weight is 302 g/mol. The smallest absolute Gasteiger partial charge is 0.290 e. The fraction of sp³-hybridized carbons (Fsp3) is 0.167. The van der Waals surface area contributed by atoms with Gasteiger partial charge in [0.2, 0.25) is 0 Å². The van der Waals surface area contributed by atoms with Crippen molar-refractivity contribution >= 4 is 5.91 Å². The van der Waals surface area contributed by atoms with E-state index >= 15 is 0 Å². The summed E-state index contributed by atoms with van der Waals surface area (Å²) in [6.45, 7) is -0.242. The molecule has 1 heterocycles. The Morgan fingerprint density at radius 2 is 2.10 bits per heavy atom.